The van der Waals surface area contributed by atoms with Gasteiger partial charge in [-0.1, -0.05) is 0 Å². The maximum atomic E-state index is 11.4. The lowest BCUT2D eigenvalue weighted by Gasteiger charge is -2.24. The molecule has 0 unspecified atom stereocenters. The number of amides is 1. The molecule has 1 fully saturated rings. The van der Waals surface area contributed by atoms with Crippen LogP contribution >= 0.6 is 0 Å². The van der Waals surface area contributed by atoms with Gasteiger partial charge in [-0.25, -0.2) is 0 Å². The van der Waals surface area contributed by atoms with Gasteiger partial charge in [-0.2, -0.15) is 0 Å². The van der Waals surface area contributed by atoms with E-state index in [9.17, 15) is 4.79 Å². The van der Waals surface area contributed by atoms with Crippen molar-refractivity contribution < 1.29 is 9.53 Å². The first-order valence-electron chi connectivity index (χ1n) is 7.26. The van der Waals surface area contributed by atoms with Crippen molar-refractivity contribution in [3.63, 3.8) is 0 Å². The van der Waals surface area contributed by atoms with Crippen LogP contribution in [0.3, 0.4) is 0 Å². The minimum absolute atomic E-state index is 0.0693. The van der Waals surface area contributed by atoms with Gasteiger partial charge in [0.1, 0.15) is 0 Å². The van der Waals surface area contributed by atoms with Gasteiger partial charge in [0.15, 0.2) is 0 Å². The van der Waals surface area contributed by atoms with E-state index in [0.29, 0.717) is 18.0 Å². The molecule has 3 rings (SSSR count). The molecule has 0 aromatic heterocycles. The molecule has 2 aliphatic rings. The van der Waals surface area contributed by atoms with Crippen LogP contribution in [0.1, 0.15) is 24.8 Å². The largest absolute Gasteiger partial charge is 0.397 e. The highest BCUT2D eigenvalue weighted by Gasteiger charge is 2.18. The van der Waals surface area contributed by atoms with Gasteiger partial charge in [0.2, 0.25) is 5.91 Å². The van der Waals surface area contributed by atoms with E-state index in [2.05, 4.69) is 16.7 Å². The number of carbonyl (C=O) groups is 1. The Labute approximate surface area is 118 Å². The summed E-state index contributed by atoms with van der Waals surface area (Å²) in [5.41, 5.74) is 9.76. The number of hydrogen-bond acceptors (Lipinski definition) is 4. The van der Waals surface area contributed by atoms with Crippen molar-refractivity contribution in [2.45, 2.75) is 25.7 Å². The van der Waals surface area contributed by atoms with E-state index in [1.807, 2.05) is 6.07 Å². The summed E-state index contributed by atoms with van der Waals surface area (Å²) in [4.78, 5) is 11.4. The Morgan fingerprint density at radius 3 is 2.90 bits per heavy atom. The quantitative estimate of drug-likeness (QED) is 0.737. The SMILES string of the molecule is Nc1cc2c(cc1NCC1CCOCC1)CCC(=O)N2. The van der Waals surface area contributed by atoms with Crippen LogP contribution in [0.15, 0.2) is 12.1 Å². The summed E-state index contributed by atoms with van der Waals surface area (Å²) in [6.07, 6.45) is 3.55. The first kappa shape index (κ1) is 13.2. The normalized spacial score (nSPS) is 19.3. The number of ether oxygens (including phenoxy) is 1. The van der Waals surface area contributed by atoms with Crippen molar-refractivity contribution in [2.24, 2.45) is 5.92 Å². The van der Waals surface area contributed by atoms with E-state index in [4.69, 9.17) is 10.5 Å². The Bertz CT molecular complexity index is 510. The van der Waals surface area contributed by atoms with E-state index >= 15 is 0 Å². The summed E-state index contributed by atoms with van der Waals surface area (Å²) in [6, 6.07) is 3.93. The first-order valence-corrected chi connectivity index (χ1v) is 7.26. The average molecular weight is 275 g/mol. The molecule has 0 saturated carbocycles. The minimum Gasteiger partial charge on any atom is -0.397 e. The molecule has 4 N–H and O–H groups in total. The van der Waals surface area contributed by atoms with Gasteiger partial charge >= 0.3 is 0 Å². The monoisotopic (exact) mass is 275 g/mol. The lowest BCUT2D eigenvalue weighted by Crippen LogP contribution is -2.23. The van der Waals surface area contributed by atoms with Crippen LogP contribution in [-0.2, 0) is 16.0 Å². The van der Waals surface area contributed by atoms with Crippen molar-refractivity contribution in [3.8, 4) is 0 Å². The van der Waals surface area contributed by atoms with Crippen LogP contribution < -0.4 is 16.4 Å². The number of aryl methyl sites for hydroxylation is 1. The maximum absolute atomic E-state index is 11.4. The van der Waals surface area contributed by atoms with Gasteiger partial charge in [-0.15, -0.1) is 0 Å². The zero-order valence-electron chi connectivity index (χ0n) is 11.6. The zero-order chi connectivity index (χ0) is 13.9. The second-order valence-electron chi connectivity index (χ2n) is 5.58. The van der Waals surface area contributed by atoms with Crippen molar-refractivity contribution >= 4 is 23.0 Å². The molecule has 20 heavy (non-hydrogen) atoms. The fourth-order valence-corrected chi connectivity index (χ4v) is 2.80. The number of anilines is 3. The van der Waals surface area contributed by atoms with Gasteiger partial charge in [0, 0.05) is 31.9 Å². The number of fused-ring (bicyclic) bond motifs is 1. The Hall–Kier alpha value is -1.75. The Morgan fingerprint density at radius 1 is 1.30 bits per heavy atom. The van der Waals surface area contributed by atoms with Crippen LogP contribution in [0.25, 0.3) is 0 Å². The molecular formula is C15H21N3O2. The smallest absolute Gasteiger partial charge is 0.224 e. The van der Waals surface area contributed by atoms with Crippen molar-refractivity contribution in [1.82, 2.24) is 0 Å². The first-order chi connectivity index (χ1) is 9.72. The Morgan fingerprint density at radius 2 is 2.10 bits per heavy atom. The third kappa shape index (κ3) is 2.88. The highest BCUT2D eigenvalue weighted by Crippen LogP contribution is 2.31. The molecule has 0 atom stereocenters. The molecular weight excluding hydrogens is 254 g/mol. The highest BCUT2D eigenvalue weighted by molar-refractivity contribution is 5.95. The number of hydrogen-bond donors (Lipinski definition) is 3. The molecule has 0 spiro atoms. The lowest BCUT2D eigenvalue weighted by atomic mass is 9.99. The van der Waals surface area contributed by atoms with Gasteiger partial charge < -0.3 is 21.1 Å². The standard InChI is InChI=1S/C15H21N3O2/c16-12-8-13-11(1-2-15(19)18-13)7-14(12)17-9-10-3-5-20-6-4-10/h7-8,10,17H,1-6,9,16H2,(H,18,19). The third-order valence-corrected chi connectivity index (χ3v) is 4.09. The van der Waals surface area contributed by atoms with Crippen LogP contribution in [0, 0.1) is 5.92 Å². The molecule has 2 heterocycles. The van der Waals surface area contributed by atoms with E-state index < -0.39 is 0 Å². The number of nitrogens with two attached hydrogens (primary N) is 1. The molecule has 1 aromatic rings. The molecule has 1 amide bonds. The summed E-state index contributed by atoms with van der Waals surface area (Å²) in [7, 11) is 0. The van der Waals surface area contributed by atoms with Crippen molar-refractivity contribution in [3.05, 3.63) is 17.7 Å². The summed E-state index contributed by atoms with van der Waals surface area (Å²) >= 11 is 0. The van der Waals surface area contributed by atoms with E-state index in [1.54, 1.807) is 0 Å². The van der Waals surface area contributed by atoms with Gasteiger partial charge in [-0.3, -0.25) is 4.79 Å². The topological polar surface area (TPSA) is 76.4 Å². The summed E-state index contributed by atoms with van der Waals surface area (Å²) in [5.74, 6) is 0.721. The van der Waals surface area contributed by atoms with E-state index in [-0.39, 0.29) is 5.91 Å². The average Bonchev–Trinajstić information content (AvgIpc) is 2.46. The van der Waals surface area contributed by atoms with Crippen molar-refractivity contribution in [1.29, 1.82) is 0 Å². The number of nitrogens with one attached hydrogen (secondary N) is 2. The zero-order valence-corrected chi connectivity index (χ0v) is 11.6. The van der Waals surface area contributed by atoms with Gasteiger partial charge in [0.25, 0.3) is 0 Å². The van der Waals surface area contributed by atoms with E-state index in [1.165, 1.54) is 0 Å². The lowest BCUT2D eigenvalue weighted by molar-refractivity contribution is -0.116. The highest BCUT2D eigenvalue weighted by atomic mass is 16.5. The second-order valence-corrected chi connectivity index (χ2v) is 5.58. The summed E-state index contributed by atoms with van der Waals surface area (Å²) in [6.45, 7) is 2.65. The second kappa shape index (κ2) is 5.71. The third-order valence-electron chi connectivity index (χ3n) is 4.09. The fourth-order valence-electron chi connectivity index (χ4n) is 2.80. The molecule has 0 bridgehead atoms. The van der Waals surface area contributed by atoms with Crippen LogP contribution in [0.2, 0.25) is 0 Å². The van der Waals surface area contributed by atoms with Gasteiger partial charge in [0.05, 0.1) is 11.4 Å². The van der Waals surface area contributed by atoms with Crippen LogP contribution in [0.5, 0.6) is 0 Å². The molecule has 5 nitrogen and oxygen atoms in total. The molecule has 0 aliphatic carbocycles. The molecule has 1 saturated heterocycles. The number of rotatable bonds is 3. The van der Waals surface area contributed by atoms with E-state index in [0.717, 1.165) is 56.0 Å². The Kier molecular flexibility index (Phi) is 3.78. The predicted molar refractivity (Wildman–Crippen MR) is 79.8 cm³/mol. The van der Waals surface area contributed by atoms with Crippen LogP contribution in [-0.4, -0.2) is 25.7 Å². The molecule has 2 aliphatic heterocycles. The predicted octanol–water partition coefficient (Wildman–Crippen LogP) is 1.99. The molecule has 108 valence electrons. The summed E-state index contributed by atoms with van der Waals surface area (Å²) < 4.78 is 5.37. The summed E-state index contributed by atoms with van der Waals surface area (Å²) in [5, 5.41) is 6.32. The minimum atomic E-state index is 0.0693. The van der Waals surface area contributed by atoms with Crippen molar-refractivity contribution in [2.75, 3.05) is 36.1 Å². The van der Waals surface area contributed by atoms with Gasteiger partial charge in [-0.05, 0) is 42.9 Å². The fraction of sp³-hybridized carbons (Fsp3) is 0.533. The number of benzene rings is 1. The molecule has 1 aromatic carbocycles. The Balaban J connectivity index is 1.68. The number of nitrogen functional groups attached to an aromatic ring is 1. The molecule has 5 heteroatoms. The van der Waals surface area contributed by atoms with Crippen LogP contribution in [0.4, 0.5) is 17.1 Å². The maximum Gasteiger partial charge on any atom is 0.224 e. The molecule has 0 radical (unpaired) electrons. The number of carbonyl (C=O) groups excluding carboxylic acids is 1.